The number of nitrogens with two attached hydrogens (primary N) is 1. The molecule has 14 atom stereocenters. The van der Waals surface area contributed by atoms with Crippen LogP contribution in [-0.4, -0.2) is 188 Å². The van der Waals surface area contributed by atoms with E-state index in [2.05, 4.69) is 18.0 Å². The number of nitrogens with one attached hydrogen (secondary N) is 1. The van der Waals surface area contributed by atoms with E-state index in [1.54, 1.807) is 6.92 Å². The zero-order valence-corrected chi connectivity index (χ0v) is 41.4. The first-order valence-corrected chi connectivity index (χ1v) is 25.2. The summed E-state index contributed by atoms with van der Waals surface area (Å²) in [5, 5.41) is 53.4. The molecule has 26 nitrogen and oxygen atoms in total. The van der Waals surface area contributed by atoms with Crippen LogP contribution in [0.5, 0.6) is 0 Å². The number of H-pyrrole nitrogens is 1. The van der Waals surface area contributed by atoms with Crippen LogP contribution in [0.1, 0.15) is 110 Å². The van der Waals surface area contributed by atoms with Gasteiger partial charge in [0, 0.05) is 45.2 Å². The van der Waals surface area contributed by atoms with Gasteiger partial charge in [0.1, 0.15) is 54.9 Å². The second-order valence-electron chi connectivity index (χ2n) is 19.0. The Morgan fingerprint density at radius 1 is 0.859 bits per heavy atom. The van der Waals surface area contributed by atoms with Crippen molar-refractivity contribution < 1.29 is 90.3 Å². The summed E-state index contributed by atoms with van der Waals surface area (Å²) in [6.45, 7) is 4.86. The largest absolute Gasteiger partial charge is 0.481 e. The molecule has 0 saturated carbocycles. The van der Waals surface area contributed by atoms with E-state index < -0.39 is 156 Å². The zero-order valence-electron chi connectivity index (χ0n) is 40.6. The van der Waals surface area contributed by atoms with Crippen molar-refractivity contribution in [2.45, 2.75) is 184 Å². The van der Waals surface area contributed by atoms with Crippen LogP contribution in [0.4, 0.5) is 0 Å². The molecule has 3 fully saturated rings. The first kappa shape index (κ1) is 59.1. The minimum Gasteiger partial charge on any atom is -0.481 e. The van der Waals surface area contributed by atoms with Gasteiger partial charge in [-0.05, 0) is 31.7 Å². The summed E-state index contributed by atoms with van der Waals surface area (Å²) >= 11 is 0. The van der Waals surface area contributed by atoms with Crippen molar-refractivity contribution in [1.82, 2.24) is 19.4 Å². The summed E-state index contributed by atoms with van der Waals surface area (Å²) in [5.74, 6) is -5.61. The van der Waals surface area contributed by atoms with Crippen molar-refractivity contribution in [2.75, 3.05) is 27.2 Å². The van der Waals surface area contributed by atoms with Crippen LogP contribution < -0.4 is 17.0 Å². The quantitative estimate of drug-likeness (QED) is 0.0291. The lowest BCUT2D eigenvalue weighted by Gasteiger charge is -2.38. The molecule has 3 aliphatic heterocycles. The first-order valence-electron chi connectivity index (χ1n) is 23.8. The Morgan fingerprint density at radius 3 is 2.04 bits per heavy atom. The highest BCUT2D eigenvalue weighted by atomic mass is 32.3. The monoisotopic (exact) mass is 1040 g/mol. The maximum Gasteiger partial charge on any atom is 0.397 e. The van der Waals surface area contributed by atoms with Crippen molar-refractivity contribution in [2.24, 2.45) is 17.6 Å². The molecule has 3 aliphatic rings. The maximum absolute atomic E-state index is 14.7. The molecule has 1 amide bonds. The van der Waals surface area contributed by atoms with Gasteiger partial charge in [-0.15, -0.1) is 0 Å². The predicted molar refractivity (Wildman–Crippen MR) is 244 cm³/mol. The van der Waals surface area contributed by atoms with Gasteiger partial charge in [0.25, 0.3) is 5.56 Å². The second-order valence-corrected chi connectivity index (χ2v) is 20.1. The van der Waals surface area contributed by atoms with Crippen molar-refractivity contribution in [3.05, 3.63) is 33.1 Å². The summed E-state index contributed by atoms with van der Waals surface area (Å²) in [7, 11) is -3.06. The number of unbranched alkanes of at least 4 members (excludes halogenated alkanes) is 7. The van der Waals surface area contributed by atoms with Crippen LogP contribution in [0.3, 0.4) is 0 Å². The number of hydrogen-bond acceptors (Lipinski definition) is 20. The molecule has 9 N–H and O–H groups in total. The standard InChI is InChI=1S/C44H71N5O21S/c1-23(2)14-12-10-8-6-7-9-11-13-15-25(65-30(53)19-24(3)18-29(51)52)20-31(54)66-27-22-47(4)33(40(58)48(5)32(27)42(59)60)37(69-43-39(70-71(62,63)64)34(55)26(21-45)67-43)38-35(56)36(57)41(68-38)49-17-16-28(50)46-44(49)61/h16-17,23-27,32-39,41,43,55-57H,6-15,18-22,45H2,1-5H3,(H,51,52)(H,59,60)(H,46,50,61)(H,62,63,64)/t24?,25?,26-,27?,32?,33?,34-,35+,36-,37?,38+,39-,41-,43+/m1/s1. The lowest BCUT2D eigenvalue weighted by atomic mass is 9.97. The number of aliphatic hydroxyl groups is 3. The first-order chi connectivity index (χ1) is 33.3. The van der Waals surface area contributed by atoms with Crippen molar-refractivity contribution in [1.29, 1.82) is 0 Å². The Kier molecular flexibility index (Phi) is 22.5. The molecule has 1 aromatic rings. The lowest BCUT2D eigenvalue weighted by molar-refractivity contribution is -0.230. The third-order valence-electron chi connectivity index (χ3n) is 12.7. The number of ether oxygens (including phenoxy) is 5. The summed E-state index contributed by atoms with van der Waals surface area (Å²) < 4.78 is 68.1. The number of aliphatic carboxylic acids is 2. The molecule has 0 aliphatic carbocycles. The number of rotatable bonds is 28. The minimum absolute atomic E-state index is 0.210. The number of aromatic amines is 1. The Labute approximate surface area is 410 Å². The molecule has 404 valence electrons. The Hall–Kier alpha value is -4.42. The number of nitrogens with zero attached hydrogens (tertiary/aromatic N) is 3. The molecule has 4 rings (SSSR count). The van der Waals surface area contributed by atoms with E-state index in [1.807, 2.05) is 4.98 Å². The molecule has 6 unspecified atom stereocenters. The number of carbonyl (C=O) groups excluding carboxylic acids is 3. The van der Waals surface area contributed by atoms with Crippen molar-refractivity contribution in [3.63, 3.8) is 0 Å². The third kappa shape index (κ3) is 17.1. The Balaban J connectivity index is 1.62. The average molecular weight is 1040 g/mol. The van der Waals surface area contributed by atoms with Gasteiger partial charge in [0.2, 0.25) is 5.91 Å². The summed E-state index contributed by atoms with van der Waals surface area (Å²) in [4.78, 5) is 94.3. The predicted octanol–water partition coefficient (Wildman–Crippen LogP) is -0.729. The fourth-order valence-electron chi connectivity index (χ4n) is 9.13. The lowest BCUT2D eigenvalue weighted by Crippen LogP contribution is -2.60. The van der Waals surface area contributed by atoms with Crippen LogP contribution in [0, 0.1) is 11.8 Å². The molecule has 3 saturated heterocycles. The number of carboxylic acids is 2. The second kappa shape index (κ2) is 27.0. The Bertz CT molecular complexity index is 2180. The summed E-state index contributed by atoms with van der Waals surface area (Å²) in [6.07, 6.45) is -11.3. The van der Waals surface area contributed by atoms with Crippen LogP contribution >= 0.6 is 0 Å². The number of carboxylic acid groups (broad SMARTS) is 2. The fraction of sp³-hybridized carbons (Fsp3) is 0.795. The number of aromatic nitrogens is 2. The van der Waals surface area contributed by atoms with Gasteiger partial charge in [0.05, 0.1) is 6.42 Å². The minimum atomic E-state index is -5.37. The molecular weight excluding hydrogens is 967 g/mol. The van der Waals surface area contributed by atoms with E-state index in [1.165, 1.54) is 19.9 Å². The number of esters is 2. The van der Waals surface area contributed by atoms with Crippen molar-refractivity contribution in [3.8, 4) is 0 Å². The number of carbonyl (C=O) groups is 5. The molecule has 0 spiro atoms. The molecule has 71 heavy (non-hydrogen) atoms. The number of aliphatic hydroxyl groups excluding tert-OH is 3. The van der Waals surface area contributed by atoms with E-state index >= 15 is 0 Å². The molecule has 0 aromatic carbocycles. The average Bonchev–Trinajstić information content (AvgIpc) is 3.68. The van der Waals surface area contributed by atoms with E-state index in [4.69, 9.17) is 29.4 Å². The smallest absolute Gasteiger partial charge is 0.397 e. The van der Waals surface area contributed by atoms with Crippen LogP contribution in [-0.2, 0) is 62.2 Å². The fourth-order valence-corrected chi connectivity index (χ4v) is 9.61. The highest BCUT2D eigenvalue weighted by molar-refractivity contribution is 7.80. The Morgan fingerprint density at radius 2 is 1.48 bits per heavy atom. The molecular formula is C44H71N5O21S. The van der Waals surface area contributed by atoms with Gasteiger partial charge in [-0.3, -0.25) is 43.0 Å². The normalized spacial score (nSPS) is 28.6. The molecule has 0 radical (unpaired) electrons. The van der Waals surface area contributed by atoms with Crippen molar-refractivity contribution >= 4 is 40.2 Å². The maximum atomic E-state index is 14.7. The SMILES string of the molecule is CC(C)CCCCCCCCCCC(CC(=O)OC1CN(C)C(C(O[C@@H]2O[C@H](CN)[C@@H](O)[C@H]2OS(=O)(=O)O)[C@H]2O[C@@H](n3ccc(=O)[nH]c3=O)[C@H](O)[C@@H]2O)C(=O)N(C)C1C(=O)O)OC(=O)CC(C)CC(=O)O. The van der Waals surface area contributed by atoms with Crippen LogP contribution in [0.25, 0.3) is 0 Å². The molecule has 27 heteroatoms. The van der Waals surface area contributed by atoms with Gasteiger partial charge in [-0.25, -0.2) is 13.8 Å². The topological polar surface area (TPSA) is 384 Å². The van der Waals surface area contributed by atoms with Gasteiger partial charge >= 0.3 is 40.0 Å². The molecule has 1 aromatic heterocycles. The summed E-state index contributed by atoms with van der Waals surface area (Å²) in [5.41, 5.74) is 3.80. The van der Waals surface area contributed by atoms with E-state index in [0.717, 1.165) is 62.7 Å². The highest BCUT2D eigenvalue weighted by Gasteiger charge is 2.58. The number of hydrogen-bond donors (Lipinski definition) is 8. The van der Waals surface area contributed by atoms with Gasteiger partial charge < -0.3 is 59.9 Å². The number of amides is 1. The number of likely N-dealkylation sites (N-methyl/N-ethyl adjacent to an activating group) is 2. The van der Waals surface area contributed by atoms with Crippen LogP contribution in [0.2, 0.25) is 0 Å². The van der Waals surface area contributed by atoms with Gasteiger partial charge in [-0.1, -0.05) is 72.1 Å². The van der Waals surface area contributed by atoms with Gasteiger partial charge in [-0.2, -0.15) is 8.42 Å². The zero-order chi connectivity index (χ0) is 52.9. The molecule has 0 bridgehead atoms. The molecule has 4 heterocycles. The summed E-state index contributed by atoms with van der Waals surface area (Å²) in [6, 6.07) is -2.88. The van der Waals surface area contributed by atoms with E-state index in [0.29, 0.717) is 21.8 Å². The van der Waals surface area contributed by atoms with E-state index in [9.17, 15) is 72.1 Å². The highest BCUT2D eigenvalue weighted by Crippen LogP contribution is 2.37. The van der Waals surface area contributed by atoms with E-state index in [-0.39, 0.29) is 19.3 Å². The van der Waals surface area contributed by atoms with Gasteiger partial charge in [0.15, 0.2) is 24.7 Å². The van der Waals surface area contributed by atoms with Crippen LogP contribution in [0.15, 0.2) is 21.9 Å². The third-order valence-corrected chi connectivity index (χ3v) is 13.2.